The number of hydrogen-bond donors (Lipinski definition) is 1. The van der Waals surface area contributed by atoms with E-state index in [-0.39, 0.29) is 5.69 Å². The van der Waals surface area contributed by atoms with E-state index < -0.39 is 10.9 Å². The van der Waals surface area contributed by atoms with Gasteiger partial charge in [-0.2, -0.15) is 5.10 Å². The molecule has 0 spiro atoms. The molecule has 0 aliphatic heterocycles. The highest BCUT2D eigenvalue weighted by atomic mass is 79.9. The molecule has 30 heavy (non-hydrogen) atoms. The van der Waals surface area contributed by atoms with Crippen LogP contribution in [0.15, 0.2) is 88.4 Å². The quantitative estimate of drug-likeness (QED) is 0.125. The first-order valence-corrected chi connectivity index (χ1v) is 9.58. The first-order valence-electron chi connectivity index (χ1n) is 8.79. The normalized spacial score (nSPS) is 11.0. The molecule has 0 fully saturated rings. The van der Waals surface area contributed by atoms with Crippen molar-refractivity contribution in [2.45, 2.75) is 0 Å². The van der Waals surface area contributed by atoms with Gasteiger partial charge in [-0.05, 0) is 48.0 Å². The molecule has 150 valence electrons. The predicted octanol–water partition coefficient (Wildman–Crippen LogP) is 5.42. The molecule has 7 nitrogen and oxygen atoms in total. The van der Waals surface area contributed by atoms with Crippen molar-refractivity contribution < 1.29 is 14.5 Å². The van der Waals surface area contributed by atoms with Gasteiger partial charge in [0.25, 0.3) is 5.69 Å². The van der Waals surface area contributed by atoms with Gasteiger partial charge < -0.3 is 4.74 Å². The molecule has 0 aliphatic rings. The van der Waals surface area contributed by atoms with Crippen LogP contribution in [-0.4, -0.2) is 17.1 Å². The molecule has 0 aliphatic carbocycles. The van der Waals surface area contributed by atoms with Crippen LogP contribution in [0.4, 0.5) is 11.4 Å². The third-order valence-electron chi connectivity index (χ3n) is 3.89. The molecule has 0 saturated heterocycles. The predicted molar refractivity (Wildman–Crippen MR) is 120 cm³/mol. The number of para-hydroxylation sites is 1. The van der Waals surface area contributed by atoms with E-state index in [2.05, 4.69) is 26.5 Å². The second-order valence-corrected chi connectivity index (χ2v) is 6.93. The van der Waals surface area contributed by atoms with Crippen LogP contribution in [0.5, 0.6) is 5.75 Å². The number of carbonyl (C=O) groups excluding carboxylic acids is 1. The van der Waals surface area contributed by atoms with Gasteiger partial charge in [-0.3, -0.25) is 15.5 Å². The van der Waals surface area contributed by atoms with Crippen LogP contribution >= 0.6 is 15.9 Å². The summed E-state index contributed by atoms with van der Waals surface area (Å²) < 4.78 is 6.36. The number of halogens is 1. The first-order chi connectivity index (χ1) is 14.5. The second-order valence-electron chi connectivity index (χ2n) is 6.02. The van der Waals surface area contributed by atoms with E-state index in [1.54, 1.807) is 42.5 Å². The maximum Gasteiger partial charge on any atom is 0.336 e. The van der Waals surface area contributed by atoms with E-state index in [0.29, 0.717) is 17.0 Å². The van der Waals surface area contributed by atoms with Crippen LogP contribution in [0, 0.1) is 10.1 Å². The van der Waals surface area contributed by atoms with Crippen molar-refractivity contribution in [2.24, 2.45) is 5.10 Å². The van der Waals surface area contributed by atoms with E-state index in [1.165, 1.54) is 24.4 Å². The number of esters is 1. The Morgan fingerprint density at radius 3 is 2.43 bits per heavy atom. The van der Waals surface area contributed by atoms with Crippen molar-refractivity contribution in [2.75, 3.05) is 5.43 Å². The van der Waals surface area contributed by atoms with Gasteiger partial charge in [0.2, 0.25) is 0 Å². The molecular weight excluding hydrogens is 450 g/mol. The third kappa shape index (κ3) is 6.11. The van der Waals surface area contributed by atoms with Gasteiger partial charge in [0.05, 0.1) is 16.8 Å². The van der Waals surface area contributed by atoms with E-state index in [9.17, 15) is 14.9 Å². The molecular formula is C22H16BrN3O4. The highest BCUT2D eigenvalue weighted by molar-refractivity contribution is 9.10. The van der Waals surface area contributed by atoms with Crippen molar-refractivity contribution in [3.8, 4) is 5.75 Å². The van der Waals surface area contributed by atoms with E-state index in [1.807, 2.05) is 24.3 Å². The third-order valence-corrected chi connectivity index (χ3v) is 4.42. The van der Waals surface area contributed by atoms with Crippen molar-refractivity contribution in [3.63, 3.8) is 0 Å². The zero-order valence-corrected chi connectivity index (χ0v) is 17.2. The molecule has 0 saturated carbocycles. The summed E-state index contributed by atoms with van der Waals surface area (Å²) in [5, 5.41) is 14.8. The summed E-state index contributed by atoms with van der Waals surface area (Å²) in [5.74, 6) is -0.153. The minimum Gasteiger partial charge on any atom is -0.423 e. The van der Waals surface area contributed by atoms with E-state index >= 15 is 0 Å². The van der Waals surface area contributed by atoms with Gasteiger partial charge in [-0.1, -0.05) is 40.2 Å². The lowest BCUT2D eigenvalue weighted by Gasteiger charge is -2.05. The largest absolute Gasteiger partial charge is 0.423 e. The van der Waals surface area contributed by atoms with Crippen molar-refractivity contribution in [1.29, 1.82) is 0 Å². The number of nitro benzene ring substituents is 1. The molecule has 8 heteroatoms. The SMILES string of the molecule is O=C(/C=C/c1ccc(Br)cc1)Oc1ccccc1/C=N\Nc1ccc([N+](=O)[O-])cc1. The molecule has 3 aromatic rings. The lowest BCUT2D eigenvalue weighted by Crippen LogP contribution is -2.05. The molecule has 0 heterocycles. The highest BCUT2D eigenvalue weighted by Gasteiger charge is 2.06. The Morgan fingerprint density at radius 2 is 1.73 bits per heavy atom. The average Bonchev–Trinajstić information content (AvgIpc) is 2.75. The van der Waals surface area contributed by atoms with Crippen LogP contribution in [-0.2, 0) is 4.79 Å². The van der Waals surface area contributed by atoms with Crippen LogP contribution in [0.2, 0.25) is 0 Å². The number of rotatable bonds is 7. The van der Waals surface area contributed by atoms with E-state index in [0.717, 1.165) is 10.0 Å². The second kappa shape index (κ2) is 10.1. The number of nitro groups is 1. The molecule has 0 amide bonds. The average molecular weight is 466 g/mol. The number of hydrogen-bond acceptors (Lipinski definition) is 6. The fourth-order valence-electron chi connectivity index (χ4n) is 2.39. The zero-order chi connectivity index (χ0) is 21.3. The maximum atomic E-state index is 12.2. The van der Waals surface area contributed by atoms with Crippen LogP contribution in [0.3, 0.4) is 0 Å². The Balaban J connectivity index is 1.63. The fraction of sp³-hybridized carbons (Fsp3) is 0. The molecule has 1 N–H and O–H groups in total. The topological polar surface area (TPSA) is 93.8 Å². The molecule has 3 rings (SSSR count). The standard InChI is InChI=1S/C22H16BrN3O4/c23-18-8-5-16(6-9-18)7-14-22(27)30-21-4-2-1-3-17(21)15-24-25-19-10-12-20(13-11-19)26(28)29/h1-15,25H/b14-7+,24-15-. The van der Waals surface area contributed by atoms with Gasteiger partial charge >= 0.3 is 5.97 Å². The number of nitrogens with one attached hydrogen (secondary N) is 1. The Morgan fingerprint density at radius 1 is 1.03 bits per heavy atom. The van der Waals surface area contributed by atoms with Crippen molar-refractivity contribution >= 4 is 45.6 Å². The number of hydrazone groups is 1. The minimum absolute atomic E-state index is 0.00187. The number of non-ortho nitro benzene ring substituents is 1. The van der Waals surface area contributed by atoms with Gasteiger partial charge in [0, 0.05) is 28.2 Å². The van der Waals surface area contributed by atoms with Gasteiger partial charge in [-0.15, -0.1) is 0 Å². The summed E-state index contributed by atoms with van der Waals surface area (Å²) in [6.45, 7) is 0. The van der Waals surface area contributed by atoms with Crippen LogP contribution in [0.1, 0.15) is 11.1 Å². The summed E-state index contributed by atoms with van der Waals surface area (Å²) >= 11 is 3.36. The summed E-state index contributed by atoms with van der Waals surface area (Å²) in [7, 11) is 0. The highest BCUT2D eigenvalue weighted by Crippen LogP contribution is 2.18. The molecule has 0 bridgehead atoms. The van der Waals surface area contributed by atoms with Crippen molar-refractivity contribution in [3.05, 3.63) is 105 Å². The molecule has 0 radical (unpaired) electrons. The molecule has 3 aromatic carbocycles. The molecule has 0 atom stereocenters. The van der Waals surface area contributed by atoms with E-state index in [4.69, 9.17) is 4.74 Å². The van der Waals surface area contributed by atoms with Crippen LogP contribution in [0.25, 0.3) is 6.08 Å². The summed E-state index contributed by atoms with van der Waals surface area (Å²) in [4.78, 5) is 22.4. The zero-order valence-electron chi connectivity index (χ0n) is 15.6. The Kier molecular flexibility index (Phi) is 7.07. The summed E-state index contributed by atoms with van der Waals surface area (Å²) in [5.41, 5.74) is 4.83. The number of ether oxygens (including phenoxy) is 1. The number of anilines is 1. The smallest absolute Gasteiger partial charge is 0.336 e. The lowest BCUT2D eigenvalue weighted by atomic mass is 10.2. The molecule has 0 aromatic heterocycles. The Hall–Kier alpha value is -3.78. The number of nitrogens with zero attached hydrogens (tertiary/aromatic N) is 2. The fourth-order valence-corrected chi connectivity index (χ4v) is 2.66. The number of carbonyl (C=O) groups is 1. The molecule has 0 unspecified atom stereocenters. The van der Waals surface area contributed by atoms with Crippen LogP contribution < -0.4 is 10.2 Å². The maximum absolute atomic E-state index is 12.2. The van der Waals surface area contributed by atoms with Gasteiger partial charge in [0.15, 0.2) is 0 Å². The monoisotopic (exact) mass is 465 g/mol. The summed E-state index contributed by atoms with van der Waals surface area (Å²) in [6.07, 6.45) is 4.52. The van der Waals surface area contributed by atoms with Crippen molar-refractivity contribution in [1.82, 2.24) is 0 Å². The Labute approximate surface area is 181 Å². The first kappa shape index (κ1) is 20.9. The lowest BCUT2D eigenvalue weighted by molar-refractivity contribution is -0.384. The Bertz CT molecular complexity index is 1090. The van der Waals surface area contributed by atoms with Gasteiger partial charge in [0.1, 0.15) is 5.75 Å². The van der Waals surface area contributed by atoms with Gasteiger partial charge in [-0.25, -0.2) is 4.79 Å². The summed E-state index contributed by atoms with van der Waals surface area (Å²) in [6, 6.07) is 20.3. The minimum atomic E-state index is -0.512. The number of benzene rings is 3.